The number of hydrogen-bond acceptors (Lipinski definition) is 10. The second-order valence-electron chi connectivity index (χ2n) is 5.76. The Morgan fingerprint density at radius 3 is 2.46 bits per heavy atom. The normalized spacial score (nSPS) is 30.9. The number of hydrogen-bond donors (Lipinski definition) is 6. The highest BCUT2D eigenvalue weighted by Crippen LogP contribution is 2.31. The molecule has 12 nitrogen and oxygen atoms in total. The lowest BCUT2D eigenvalue weighted by molar-refractivity contribution is -0.296. The highest BCUT2D eigenvalue weighted by atomic mass is 16.7. The Kier molecular flexibility index (Phi) is 7.87. The number of aliphatic hydroxyl groups excluding tert-OH is 3. The Balaban J connectivity index is 3.10. The fourth-order valence-electron chi connectivity index (χ4n) is 2.52. The molecule has 6 N–H and O–H groups in total. The Labute approximate surface area is 148 Å². The van der Waals surface area contributed by atoms with Gasteiger partial charge in [-0.3, -0.25) is 9.59 Å². The van der Waals surface area contributed by atoms with Gasteiger partial charge in [0, 0.05) is 20.5 Å². The molecule has 0 spiro atoms. The predicted octanol–water partition coefficient (Wildman–Crippen LogP) is -3.67. The molecule has 26 heavy (non-hydrogen) atoms. The number of carbonyl (C=O) groups is 3. The Morgan fingerprint density at radius 1 is 1.38 bits per heavy atom. The lowest BCUT2D eigenvalue weighted by Crippen LogP contribution is -2.67. The van der Waals surface area contributed by atoms with Gasteiger partial charge in [0.2, 0.25) is 5.91 Å². The zero-order valence-corrected chi connectivity index (χ0v) is 14.2. The van der Waals surface area contributed by atoms with E-state index in [1.807, 2.05) is 0 Å². The Morgan fingerprint density at radius 2 is 2.00 bits per heavy atom. The van der Waals surface area contributed by atoms with Crippen LogP contribution in [0.2, 0.25) is 0 Å². The number of nitrogens with one attached hydrogen (secondary N) is 1. The zero-order valence-electron chi connectivity index (χ0n) is 14.2. The van der Waals surface area contributed by atoms with E-state index in [9.17, 15) is 29.7 Å². The van der Waals surface area contributed by atoms with Gasteiger partial charge in [-0.25, -0.2) is 4.79 Å². The molecule has 0 aliphatic carbocycles. The molecule has 0 aromatic heterocycles. The summed E-state index contributed by atoms with van der Waals surface area (Å²) in [6, 6.07) is -1.38. The molecule has 0 saturated carbocycles. The second-order valence-corrected chi connectivity index (χ2v) is 5.76. The summed E-state index contributed by atoms with van der Waals surface area (Å²) in [6.07, 6.45) is -7.03. The van der Waals surface area contributed by atoms with Crippen LogP contribution in [-0.2, 0) is 28.6 Å². The van der Waals surface area contributed by atoms with Crippen molar-refractivity contribution < 1.29 is 54.1 Å². The molecule has 12 heteroatoms. The van der Waals surface area contributed by atoms with Crippen molar-refractivity contribution in [1.29, 1.82) is 0 Å². The molecule has 0 aromatic carbocycles. The highest BCUT2D eigenvalue weighted by molar-refractivity contribution is 5.78. The fourth-order valence-corrected chi connectivity index (χ4v) is 2.52. The molecule has 1 unspecified atom stereocenters. The van der Waals surface area contributed by atoms with Crippen molar-refractivity contribution in [2.75, 3.05) is 20.3 Å². The van der Waals surface area contributed by atoms with Crippen LogP contribution in [0.5, 0.6) is 0 Å². The van der Waals surface area contributed by atoms with Crippen LogP contribution in [0.3, 0.4) is 0 Å². The van der Waals surface area contributed by atoms with Crippen LogP contribution >= 0.6 is 0 Å². The average Bonchev–Trinajstić information content (AvgIpc) is 2.56. The first-order chi connectivity index (χ1) is 12.1. The minimum atomic E-state index is -2.83. The highest BCUT2D eigenvalue weighted by Gasteiger charge is 2.54. The first-order valence-corrected chi connectivity index (χ1v) is 7.61. The number of rotatable bonds is 8. The van der Waals surface area contributed by atoms with Crippen LogP contribution in [0, 0.1) is 0 Å². The standard InChI is InChI=1S/C14H23NO11/c1-6(17)25-5-8(24-2)11(20)12-10(15-9(19)4-16)7(18)3-14(23,26-12)13(21)22/h7-8,10-12,16,18,20,23H,3-5H2,1-2H3,(H,15,19)(H,21,22)/t7-,8+,10+,11+,12+,14?/m0/s1. The van der Waals surface area contributed by atoms with Gasteiger partial charge in [-0.15, -0.1) is 0 Å². The number of carboxylic acids is 1. The summed E-state index contributed by atoms with van der Waals surface area (Å²) in [4.78, 5) is 33.6. The smallest absolute Gasteiger partial charge is 0.364 e. The molecule has 1 fully saturated rings. The van der Waals surface area contributed by atoms with Gasteiger partial charge in [0.25, 0.3) is 5.79 Å². The quantitative estimate of drug-likeness (QED) is 0.227. The van der Waals surface area contributed by atoms with E-state index in [-0.39, 0.29) is 0 Å². The molecule has 6 atom stereocenters. The monoisotopic (exact) mass is 381 g/mol. The van der Waals surface area contributed by atoms with Gasteiger partial charge in [-0.2, -0.15) is 0 Å². The van der Waals surface area contributed by atoms with Gasteiger partial charge < -0.3 is 45.1 Å². The number of esters is 1. The zero-order chi connectivity index (χ0) is 20.1. The van der Waals surface area contributed by atoms with Crippen LogP contribution in [0.15, 0.2) is 0 Å². The molecule has 1 aliphatic rings. The Hall–Kier alpha value is -1.83. The molecule has 1 heterocycles. The molecule has 1 rings (SSSR count). The molecule has 0 aromatic rings. The van der Waals surface area contributed by atoms with Crippen LogP contribution in [0.4, 0.5) is 0 Å². The first-order valence-electron chi connectivity index (χ1n) is 7.61. The summed E-state index contributed by atoms with van der Waals surface area (Å²) >= 11 is 0. The van der Waals surface area contributed by atoms with E-state index in [1.165, 1.54) is 7.11 Å². The molecule has 1 saturated heterocycles. The lowest BCUT2D eigenvalue weighted by atomic mass is 9.88. The van der Waals surface area contributed by atoms with Gasteiger partial charge >= 0.3 is 11.9 Å². The van der Waals surface area contributed by atoms with E-state index in [0.717, 1.165) is 6.92 Å². The lowest BCUT2D eigenvalue weighted by Gasteiger charge is -2.45. The van der Waals surface area contributed by atoms with Gasteiger partial charge in [0.15, 0.2) is 0 Å². The minimum Gasteiger partial charge on any atom is -0.477 e. The van der Waals surface area contributed by atoms with Crippen molar-refractivity contribution in [3.63, 3.8) is 0 Å². The van der Waals surface area contributed by atoms with Crippen LogP contribution < -0.4 is 5.32 Å². The van der Waals surface area contributed by atoms with E-state index >= 15 is 0 Å². The minimum absolute atomic E-state index is 0.435. The maximum atomic E-state index is 11.5. The average molecular weight is 381 g/mol. The summed E-state index contributed by atoms with van der Waals surface area (Å²) in [5.41, 5.74) is 0. The van der Waals surface area contributed by atoms with Crippen molar-refractivity contribution in [2.45, 2.75) is 49.6 Å². The van der Waals surface area contributed by atoms with Gasteiger partial charge in [0.1, 0.15) is 31.5 Å². The van der Waals surface area contributed by atoms with Gasteiger partial charge in [-0.1, -0.05) is 0 Å². The summed E-state index contributed by atoms with van der Waals surface area (Å²) in [6.45, 7) is -0.251. The summed E-state index contributed by atoms with van der Waals surface area (Å²) in [5, 5.41) is 50.8. The molecule has 0 radical (unpaired) electrons. The van der Waals surface area contributed by atoms with Crippen LogP contribution in [0.1, 0.15) is 13.3 Å². The maximum Gasteiger partial charge on any atom is 0.364 e. The number of ether oxygens (including phenoxy) is 3. The van der Waals surface area contributed by atoms with E-state index in [4.69, 9.17) is 24.4 Å². The topological polar surface area (TPSA) is 192 Å². The van der Waals surface area contributed by atoms with Crippen LogP contribution in [-0.4, -0.2) is 99.9 Å². The third-order valence-electron chi connectivity index (χ3n) is 3.86. The molecular formula is C14H23NO11. The molecule has 0 bridgehead atoms. The van der Waals surface area contributed by atoms with E-state index in [1.54, 1.807) is 0 Å². The predicted molar refractivity (Wildman–Crippen MR) is 80.5 cm³/mol. The van der Waals surface area contributed by atoms with Crippen molar-refractivity contribution in [3.05, 3.63) is 0 Å². The van der Waals surface area contributed by atoms with Crippen LogP contribution in [0.25, 0.3) is 0 Å². The fraction of sp³-hybridized carbons (Fsp3) is 0.786. The van der Waals surface area contributed by atoms with E-state index < -0.39 is 73.7 Å². The largest absolute Gasteiger partial charge is 0.477 e. The van der Waals surface area contributed by atoms with E-state index in [2.05, 4.69) is 5.32 Å². The SMILES string of the molecule is CO[C@H](COC(C)=O)[C@@H](O)[C@@H]1OC(O)(C(=O)O)C[C@H](O)[C@H]1NC(=O)CO. The maximum absolute atomic E-state index is 11.5. The number of amides is 1. The number of carbonyl (C=O) groups excluding carboxylic acids is 2. The van der Waals surface area contributed by atoms with Crippen molar-refractivity contribution in [3.8, 4) is 0 Å². The first kappa shape index (κ1) is 22.2. The summed E-state index contributed by atoms with van der Waals surface area (Å²) in [7, 11) is 1.17. The molecule has 150 valence electrons. The summed E-state index contributed by atoms with van der Waals surface area (Å²) < 4.78 is 14.7. The van der Waals surface area contributed by atoms with Crippen molar-refractivity contribution in [1.82, 2.24) is 5.32 Å². The number of methoxy groups -OCH3 is 1. The van der Waals surface area contributed by atoms with E-state index in [0.29, 0.717) is 0 Å². The molecule has 1 aliphatic heterocycles. The summed E-state index contributed by atoms with van der Waals surface area (Å²) in [5.74, 6) is -6.24. The number of aliphatic carboxylic acids is 1. The third-order valence-corrected chi connectivity index (χ3v) is 3.86. The Bertz CT molecular complexity index is 527. The molecule has 1 amide bonds. The van der Waals surface area contributed by atoms with Gasteiger partial charge in [0.05, 0.1) is 12.1 Å². The number of aliphatic hydroxyl groups is 4. The third kappa shape index (κ3) is 5.33. The second kappa shape index (κ2) is 9.21. The number of carboxylic acid groups (broad SMARTS) is 1. The molecular weight excluding hydrogens is 358 g/mol. The van der Waals surface area contributed by atoms with Crippen molar-refractivity contribution in [2.24, 2.45) is 0 Å². The van der Waals surface area contributed by atoms with Gasteiger partial charge in [-0.05, 0) is 0 Å². The van der Waals surface area contributed by atoms with Crippen molar-refractivity contribution >= 4 is 17.8 Å².